The van der Waals surface area contributed by atoms with Crippen molar-refractivity contribution in [2.24, 2.45) is 0 Å². The fourth-order valence-corrected chi connectivity index (χ4v) is 0.967. The maximum Gasteiger partial charge on any atom is 0.356 e. The Bertz CT molecular complexity index is 370. The third kappa shape index (κ3) is 3.07. The van der Waals surface area contributed by atoms with E-state index in [1.807, 2.05) is 0 Å². The minimum absolute atomic E-state index is 0.136. The number of benzene rings is 1. The number of carboxylic acids is 1. The molecule has 1 aromatic rings. The van der Waals surface area contributed by atoms with Crippen molar-refractivity contribution in [3.05, 3.63) is 35.4 Å². The van der Waals surface area contributed by atoms with Crippen LogP contribution in [0.1, 0.15) is 20.7 Å². The van der Waals surface area contributed by atoms with Crippen molar-refractivity contribution in [1.29, 1.82) is 0 Å². The Labute approximate surface area is 86.8 Å². The lowest BCUT2D eigenvalue weighted by molar-refractivity contribution is -0.0713. The van der Waals surface area contributed by atoms with Crippen molar-refractivity contribution < 1.29 is 19.5 Å². The molecule has 15 heavy (non-hydrogen) atoms. The highest BCUT2D eigenvalue weighted by Crippen LogP contribution is 2.06. The average Bonchev–Trinajstić information content (AvgIpc) is 2.17. The molecular weight excluding hydrogens is 198 g/mol. The molecule has 0 saturated heterocycles. The van der Waals surface area contributed by atoms with Crippen LogP contribution in [0.5, 0.6) is 0 Å². The molecule has 0 aromatic heterocycles. The topological polar surface area (TPSA) is 66.8 Å². The van der Waals surface area contributed by atoms with E-state index in [0.29, 0.717) is 5.56 Å². The van der Waals surface area contributed by atoms with E-state index in [1.165, 1.54) is 29.3 Å². The first kappa shape index (κ1) is 11.2. The number of nitrogens with zero attached hydrogens (tertiary/aromatic N) is 1. The van der Waals surface area contributed by atoms with Crippen molar-refractivity contribution in [3.8, 4) is 0 Å². The van der Waals surface area contributed by atoms with E-state index in [9.17, 15) is 9.59 Å². The summed E-state index contributed by atoms with van der Waals surface area (Å²) in [6.07, 6.45) is 0. The van der Waals surface area contributed by atoms with Crippen LogP contribution in [0.3, 0.4) is 0 Å². The molecule has 0 saturated carbocycles. The second-order valence-corrected chi connectivity index (χ2v) is 3.07. The Morgan fingerprint density at radius 3 is 2.00 bits per heavy atom. The van der Waals surface area contributed by atoms with Crippen molar-refractivity contribution in [2.45, 2.75) is 0 Å². The first-order chi connectivity index (χ1) is 7.00. The summed E-state index contributed by atoms with van der Waals surface area (Å²) in [4.78, 5) is 26.6. The molecule has 0 spiro atoms. The van der Waals surface area contributed by atoms with E-state index < -0.39 is 11.9 Å². The standard InChI is InChI=1S/C10H11NO4/c1-11(2)15-10(14)8-5-3-7(4-6-8)9(12)13/h3-6H,1-2H3,(H,12,13). The summed E-state index contributed by atoms with van der Waals surface area (Å²) >= 11 is 0. The van der Waals surface area contributed by atoms with E-state index in [2.05, 4.69) is 0 Å². The van der Waals surface area contributed by atoms with Crippen LogP contribution >= 0.6 is 0 Å². The highest BCUT2D eigenvalue weighted by molar-refractivity contribution is 5.92. The highest BCUT2D eigenvalue weighted by atomic mass is 16.7. The van der Waals surface area contributed by atoms with Gasteiger partial charge in [-0.25, -0.2) is 9.59 Å². The van der Waals surface area contributed by atoms with Crippen molar-refractivity contribution in [3.63, 3.8) is 0 Å². The molecule has 5 nitrogen and oxygen atoms in total. The van der Waals surface area contributed by atoms with Crippen LogP contribution in [0.2, 0.25) is 0 Å². The van der Waals surface area contributed by atoms with Crippen molar-refractivity contribution in [1.82, 2.24) is 5.06 Å². The van der Waals surface area contributed by atoms with Crippen LogP contribution in [-0.2, 0) is 4.84 Å². The molecule has 0 radical (unpaired) electrons. The lowest BCUT2D eigenvalue weighted by atomic mass is 10.1. The van der Waals surface area contributed by atoms with E-state index in [1.54, 1.807) is 14.1 Å². The van der Waals surface area contributed by atoms with Gasteiger partial charge in [-0.2, -0.15) is 0 Å². The normalized spacial score (nSPS) is 10.1. The molecule has 0 heterocycles. The molecule has 1 aromatic carbocycles. The van der Waals surface area contributed by atoms with Gasteiger partial charge in [0, 0.05) is 14.1 Å². The maximum absolute atomic E-state index is 11.3. The number of hydrogen-bond acceptors (Lipinski definition) is 4. The molecule has 5 heteroatoms. The molecule has 0 unspecified atom stereocenters. The lowest BCUT2D eigenvalue weighted by Crippen LogP contribution is -2.18. The number of carboxylic acid groups (broad SMARTS) is 1. The highest BCUT2D eigenvalue weighted by Gasteiger charge is 2.09. The van der Waals surface area contributed by atoms with Crippen LogP contribution in [0.25, 0.3) is 0 Å². The van der Waals surface area contributed by atoms with Gasteiger partial charge in [-0.3, -0.25) is 0 Å². The summed E-state index contributed by atoms with van der Waals surface area (Å²) in [6.45, 7) is 0. The molecule has 0 fully saturated rings. The summed E-state index contributed by atoms with van der Waals surface area (Å²) in [5.41, 5.74) is 0.449. The number of carbonyl (C=O) groups is 2. The van der Waals surface area contributed by atoms with Crippen molar-refractivity contribution in [2.75, 3.05) is 14.1 Å². The number of carbonyl (C=O) groups excluding carboxylic acids is 1. The number of rotatable bonds is 3. The Morgan fingerprint density at radius 1 is 1.13 bits per heavy atom. The SMILES string of the molecule is CN(C)OC(=O)c1ccc(C(=O)O)cc1. The number of hydroxylamine groups is 2. The van der Waals surface area contributed by atoms with Gasteiger partial charge >= 0.3 is 11.9 Å². The zero-order valence-electron chi connectivity index (χ0n) is 8.43. The minimum atomic E-state index is -1.03. The number of aromatic carboxylic acids is 1. The van der Waals surface area contributed by atoms with Crippen LogP contribution in [0.4, 0.5) is 0 Å². The summed E-state index contributed by atoms with van der Waals surface area (Å²) < 4.78 is 0. The van der Waals surface area contributed by atoms with E-state index in [-0.39, 0.29) is 5.56 Å². The Balaban J connectivity index is 2.80. The zero-order valence-corrected chi connectivity index (χ0v) is 8.43. The molecular formula is C10H11NO4. The summed E-state index contributed by atoms with van der Waals surface area (Å²) in [7, 11) is 3.17. The van der Waals surface area contributed by atoms with Crippen LogP contribution in [0, 0.1) is 0 Å². The molecule has 0 aliphatic heterocycles. The van der Waals surface area contributed by atoms with Gasteiger partial charge in [0.15, 0.2) is 0 Å². The van der Waals surface area contributed by atoms with Crippen LogP contribution < -0.4 is 0 Å². The van der Waals surface area contributed by atoms with Gasteiger partial charge < -0.3 is 9.94 Å². The smallest absolute Gasteiger partial charge is 0.356 e. The van der Waals surface area contributed by atoms with Crippen molar-refractivity contribution >= 4 is 11.9 Å². The first-order valence-corrected chi connectivity index (χ1v) is 4.23. The molecule has 80 valence electrons. The second-order valence-electron chi connectivity index (χ2n) is 3.07. The van der Waals surface area contributed by atoms with E-state index in [0.717, 1.165) is 0 Å². The fraction of sp³-hybridized carbons (Fsp3) is 0.200. The Hall–Kier alpha value is -1.88. The quantitative estimate of drug-likeness (QED) is 0.753. The largest absolute Gasteiger partial charge is 0.478 e. The Morgan fingerprint density at radius 2 is 1.60 bits per heavy atom. The van der Waals surface area contributed by atoms with Crippen LogP contribution in [0.15, 0.2) is 24.3 Å². The average molecular weight is 209 g/mol. The van der Waals surface area contributed by atoms with Crippen LogP contribution in [-0.4, -0.2) is 36.2 Å². The predicted molar refractivity (Wildman–Crippen MR) is 52.5 cm³/mol. The van der Waals surface area contributed by atoms with E-state index >= 15 is 0 Å². The molecule has 1 N–H and O–H groups in total. The predicted octanol–water partition coefficient (Wildman–Crippen LogP) is 1.02. The Kier molecular flexibility index (Phi) is 3.41. The van der Waals surface area contributed by atoms with Gasteiger partial charge in [-0.05, 0) is 24.3 Å². The molecule has 0 aliphatic rings. The number of hydrogen-bond donors (Lipinski definition) is 1. The second kappa shape index (κ2) is 4.56. The van der Waals surface area contributed by atoms with Gasteiger partial charge in [0.25, 0.3) is 0 Å². The first-order valence-electron chi connectivity index (χ1n) is 4.23. The molecule has 0 bridgehead atoms. The van der Waals surface area contributed by atoms with Gasteiger partial charge in [0.2, 0.25) is 0 Å². The monoisotopic (exact) mass is 209 g/mol. The summed E-state index contributed by atoms with van der Waals surface area (Å²) in [5, 5.41) is 9.91. The maximum atomic E-state index is 11.3. The summed E-state index contributed by atoms with van der Waals surface area (Å²) in [5.74, 6) is -1.54. The molecule has 0 atom stereocenters. The van der Waals surface area contributed by atoms with Gasteiger partial charge in [0.1, 0.15) is 0 Å². The zero-order chi connectivity index (χ0) is 11.4. The van der Waals surface area contributed by atoms with Gasteiger partial charge in [0.05, 0.1) is 11.1 Å². The van der Waals surface area contributed by atoms with Gasteiger partial charge in [-0.15, -0.1) is 5.06 Å². The molecule has 0 aliphatic carbocycles. The third-order valence-corrected chi connectivity index (χ3v) is 1.63. The minimum Gasteiger partial charge on any atom is -0.478 e. The molecule has 1 rings (SSSR count). The summed E-state index contributed by atoms with van der Waals surface area (Å²) in [6, 6.07) is 5.54. The van der Waals surface area contributed by atoms with Gasteiger partial charge in [-0.1, -0.05) is 0 Å². The molecule has 0 amide bonds. The van der Waals surface area contributed by atoms with E-state index in [4.69, 9.17) is 9.94 Å². The fourth-order valence-electron chi connectivity index (χ4n) is 0.967. The third-order valence-electron chi connectivity index (χ3n) is 1.63. The lowest BCUT2D eigenvalue weighted by Gasteiger charge is -2.09.